The molecular formula is C11H14ClNOS. The van der Waals surface area contributed by atoms with Crippen molar-refractivity contribution >= 4 is 29.1 Å². The van der Waals surface area contributed by atoms with Crippen molar-refractivity contribution in [2.75, 3.05) is 17.7 Å². The summed E-state index contributed by atoms with van der Waals surface area (Å²) in [6, 6.07) is 6.39. The van der Waals surface area contributed by atoms with Crippen molar-refractivity contribution in [3.05, 3.63) is 23.2 Å². The molecule has 1 atom stereocenters. The average molecular weight is 244 g/mol. The molecule has 1 aliphatic rings. The van der Waals surface area contributed by atoms with Crippen LogP contribution >= 0.6 is 23.4 Å². The fourth-order valence-corrected chi connectivity index (χ4v) is 2.93. The average Bonchev–Trinajstić information content (AvgIpc) is 2.25. The monoisotopic (exact) mass is 243 g/mol. The van der Waals surface area contributed by atoms with Gasteiger partial charge in [0.25, 0.3) is 0 Å². The maximum absolute atomic E-state index is 8.78. The van der Waals surface area contributed by atoms with Crippen molar-refractivity contribution in [2.45, 2.75) is 23.8 Å². The van der Waals surface area contributed by atoms with Gasteiger partial charge in [0, 0.05) is 34.0 Å². The van der Waals surface area contributed by atoms with Gasteiger partial charge < -0.3 is 10.4 Å². The molecule has 1 aliphatic heterocycles. The topological polar surface area (TPSA) is 32.3 Å². The van der Waals surface area contributed by atoms with E-state index in [0.717, 1.165) is 29.3 Å². The number of halogens is 1. The van der Waals surface area contributed by atoms with Crippen LogP contribution in [0.4, 0.5) is 5.69 Å². The van der Waals surface area contributed by atoms with E-state index in [1.54, 1.807) is 0 Å². The third-order valence-corrected chi connectivity index (χ3v) is 3.92. The molecule has 1 aromatic rings. The van der Waals surface area contributed by atoms with Crippen LogP contribution in [0.1, 0.15) is 12.8 Å². The summed E-state index contributed by atoms with van der Waals surface area (Å²) in [6.07, 6.45) is 1.86. The number of thioether (sulfide) groups is 1. The Labute approximate surface area is 99.0 Å². The van der Waals surface area contributed by atoms with Crippen molar-refractivity contribution in [3.63, 3.8) is 0 Å². The number of aliphatic hydroxyl groups is 1. The summed E-state index contributed by atoms with van der Waals surface area (Å²) in [4.78, 5) is 1.26. The van der Waals surface area contributed by atoms with Gasteiger partial charge in [-0.3, -0.25) is 0 Å². The second-order valence-electron chi connectivity index (χ2n) is 3.66. The molecule has 2 rings (SSSR count). The Bertz CT molecular complexity index is 345. The zero-order valence-corrected chi connectivity index (χ0v) is 9.94. The van der Waals surface area contributed by atoms with Gasteiger partial charge in [0.2, 0.25) is 0 Å². The number of nitrogens with one attached hydrogen (secondary N) is 1. The summed E-state index contributed by atoms with van der Waals surface area (Å²) in [6.45, 7) is 0.269. The molecular weight excluding hydrogens is 230 g/mol. The molecule has 0 saturated carbocycles. The Morgan fingerprint density at radius 2 is 2.40 bits per heavy atom. The second-order valence-corrected chi connectivity index (χ2v) is 5.16. The van der Waals surface area contributed by atoms with Crippen LogP contribution in [0.15, 0.2) is 23.1 Å². The summed E-state index contributed by atoms with van der Waals surface area (Å²) >= 11 is 7.79. The highest BCUT2D eigenvalue weighted by molar-refractivity contribution is 7.99. The molecule has 15 heavy (non-hydrogen) atoms. The zero-order valence-electron chi connectivity index (χ0n) is 8.37. The van der Waals surface area contributed by atoms with Crippen LogP contribution < -0.4 is 5.32 Å². The Morgan fingerprint density at radius 3 is 3.20 bits per heavy atom. The molecule has 0 spiro atoms. The SMILES string of the molecule is OCCCC1CSc2ccc(Cl)cc2N1. The molecule has 2 nitrogen and oxygen atoms in total. The Hall–Kier alpha value is -0.380. The van der Waals surface area contributed by atoms with Crippen LogP contribution in [-0.4, -0.2) is 23.5 Å². The minimum absolute atomic E-state index is 0.269. The van der Waals surface area contributed by atoms with E-state index in [1.807, 2.05) is 23.9 Å². The molecule has 82 valence electrons. The van der Waals surface area contributed by atoms with Crippen molar-refractivity contribution < 1.29 is 5.11 Å². The molecule has 2 N–H and O–H groups in total. The van der Waals surface area contributed by atoms with E-state index in [-0.39, 0.29) is 6.61 Å². The number of anilines is 1. The van der Waals surface area contributed by atoms with E-state index in [4.69, 9.17) is 16.7 Å². The maximum Gasteiger partial charge on any atom is 0.0495 e. The van der Waals surface area contributed by atoms with Gasteiger partial charge >= 0.3 is 0 Å². The van der Waals surface area contributed by atoms with E-state index in [2.05, 4.69) is 11.4 Å². The summed E-state index contributed by atoms with van der Waals surface area (Å²) in [7, 11) is 0. The van der Waals surface area contributed by atoms with E-state index in [0.29, 0.717) is 6.04 Å². The van der Waals surface area contributed by atoms with Crippen LogP contribution in [0.2, 0.25) is 5.02 Å². The third kappa shape index (κ3) is 2.80. The van der Waals surface area contributed by atoms with E-state index in [1.165, 1.54) is 4.90 Å². The standard InChI is InChI=1S/C11H14ClNOS/c12-8-3-4-11-10(6-8)13-9(7-15-11)2-1-5-14/h3-4,6,9,13-14H,1-2,5,7H2. The van der Waals surface area contributed by atoms with Gasteiger partial charge in [-0.15, -0.1) is 11.8 Å². The van der Waals surface area contributed by atoms with Gasteiger partial charge in [-0.2, -0.15) is 0 Å². The summed E-state index contributed by atoms with van der Waals surface area (Å²) in [5.41, 5.74) is 1.13. The third-order valence-electron chi connectivity index (χ3n) is 2.45. The first kappa shape index (κ1) is 11.1. The molecule has 1 heterocycles. The summed E-state index contributed by atoms with van der Waals surface area (Å²) < 4.78 is 0. The number of hydrogen-bond acceptors (Lipinski definition) is 3. The predicted molar refractivity (Wildman–Crippen MR) is 65.9 cm³/mol. The van der Waals surface area contributed by atoms with Crippen molar-refractivity contribution in [1.29, 1.82) is 0 Å². The summed E-state index contributed by atoms with van der Waals surface area (Å²) in [5.74, 6) is 1.06. The fraction of sp³-hybridized carbons (Fsp3) is 0.455. The van der Waals surface area contributed by atoms with E-state index >= 15 is 0 Å². The number of benzene rings is 1. The van der Waals surface area contributed by atoms with Crippen LogP contribution in [0.3, 0.4) is 0 Å². The van der Waals surface area contributed by atoms with Crippen molar-refractivity contribution in [1.82, 2.24) is 0 Å². The van der Waals surface area contributed by atoms with Crippen LogP contribution in [0, 0.1) is 0 Å². The van der Waals surface area contributed by atoms with Crippen molar-refractivity contribution in [2.24, 2.45) is 0 Å². The minimum atomic E-state index is 0.269. The lowest BCUT2D eigenvalue weighted by molar-refractivity contribution is 0.282. The van der Waals surface area contributed by atoms with Crippen molar-refractivity contribution in [3.8, 4) is 0 Å². The van der Waals surface area contributed by atoms with Gasteiger partial charge in [-0.05, 0) is 31.0 Å². The summed E-state index contributed by atoms with van der Waals surface area (Å²) in [5, 5.41) is 13.0. The first-order chi connectivity index (χ1) is 7.29. The zero-order chi connectivity index (χ0) is 10.7. The van der Waals surface area contributed by atoms with Gasteiger partial charge in [0.05, 0.1) is 0 Å². The quantitative estimate of drug-likeness (QED) is 0.856. The Balaban J connectivity index is 2.05. The molecule has 0 radical (unpaired) electrons. The first-order valence-electron chi connectivity index (χ1n) is 5.09. The molecule has 0 aromatic heterocycles. The normalized spacial score (nSPS) is 19.5. The smallest absolute Gasteiger partial charge is 0.0495 e. The lowest BCUT2D eigenvalue weighted by Crippen LogP contribution is -2.26. The number of hydrogen-bond donors (Lipinski definition) is 2. The second kappa shape index (κ2) is 5.10. The molecule has 4 heteroatoms. The van der Waals surface area contributed by atoms with E-state index in [9.17, 15) is 0 Å². The largest absolute Gasteiger partial charge is 0.396 e. The van der Waals surface area contributed by atoms with Crippen LogP contribution in [-0.2, 0) is 0 Å². The first-order valence-corrected chi connectivity index (χ1v) is 6.45. The molecule has 0 fully saturated rings. The Morgan fingerprint density at radius 1 is 1.53 bits per heavy atom. The molecule has 0 bridgehead atoms. The highest BCUT2D eigenvalue weighted by atomic mass is 35.5. The molecule has 0 amide bonds. The molecule has 0 aliphatic carbocycles. The number of aliphatic hydroxyl groups excluding tert-OH is 1. The molecule has 0 saturated heterocycles. The molecule has 1 aromatic carbocycles. The minimum Gasteiger partial charge on any atom is -0.396 e. The molecule has 1 unspecified atom stereocenters. The van der Waals surface area contributed by atoms with Gasteiger partial charge in [0.15, 0.2) is 0 Å². The highest BCUT2D eigenvalue weighted by Gasteiger charge is 2.17. The van der Waals surface area contributed by atoms with E-state index < -0.39 is 0 Å². The van der Waals surface area contributed by atoms with Crippen LogP contribution in [0.25, 0.3) is 0 Å². The number of fused-ring (bicyclic) bond motifs is 1. The fourth-order valence-electron chi connectivity index (χ4n) is 1.69. The number of rotatable bonds is 3. The van der Waals surface area contributed by atoms with Crippen LogP contribution in [0.5, 0.6) is 0 Å². The predicted octanol–water partition coefficient (Wildman–Crippen LogP) is 3.00. The van der Waals surface area contributed by atoms with Gasteiger partial charge in [0.1, 0.15) is 0 Å². The highest BCUT2D eigenvalue weighted by Crippen LogP contribution is 2.35. The lowest BCUT2D eigenvalue weighted by atomic mass is 10.1. The van der Waals surface area contributed by atoms with Gasteiger partial charge in [-0.1, -0.05) is 11.6 Å². The van der Waals surface area contributed by atoms with Gasteiger partial charge in [-0.25, -0.2) is 0 Å². The maximum atomic E-state index is 8.78. The lowest BCUT2D eigenvalue weighted by Gasteiger charge is -2.26. The Kier molecular flexibility index (Phi) is 3.78.